The zero-order chi connectivity index (χ0) is 27.3. The molecule has 1 amide bonds. The van der Waals surface area contributed by atoms with E-state index in [2.05, 4.69) is 28.2 Å². The van der Waals surface area contributed by atoms with Crippen LogP contribution in [0.25, 0.3) is 10.9 Å². The SMILES string of the molecule is CC(C)(C#N)c1ccc(NC(=O)C#Cc2cc3cc(CCC4CCOCC4)ccc3n2CC(F)(F)F)cn1. The molecule has 1 saturated heterocycles. The Kier molecular flexibility index (Phi) is 8.08. The largest absolute Gasteiger partial charge is 0.406 e. The van der Waals surface area contributed by atoms with Crippen molar-refractivity contribution >= 4 is 22.5 Å². The molecule has 1 aromatic carbocycles. The molecule has 1 fully saturated rings. The van der Waals surface area contributed by atoms with Gasteiger partial charge in [-0.15, -0.1) is 0 Å². The molecule has 3 heterocycles. The van der Waals surface area contributed by atoms with Crippen LogP contribution in [0.1, 0.15) is 50.1 Å². The lowest BCUT2D eigenvalue weighted by Gasteiger charge is -2.21. The van der Waals surface area contributed by atoms with Gasteiger partial charge in [0.2, 0.25) is 0 Å². The summed E-state index contributed by atoms with van der Waals surface area (Å²) < 4.78 is 46.6. The molecule has 0 radical (unpaired) electrons. The number of carbonyl (C=O) groups excluding carboxylic acids is 1. The maximum Gasteiger partial charge on any atom is 0.406 e. The Balaban J connectivity index is 1.53. The molecule has 0 bridgehead atoms. The summed E-state index contributed by atoms with van der Waals surface area (Å²) in [5, 5.41) is 12.5. The van der Waals surface area contributed by atoms with Crippen molar-refractivity contribution in [2.75, 3.05) is 18.5 Å². The number of amides is 1. The van der Waals surface area contributed by atoms with Crippen molar-refractivity contribution in [3.8, 4) is 17.9 Å². The molecule has 1 aliphatic heterocycles. The van der Waals surface area contributed by atoms with E-state index in [4.69, 9.17) is 4.74 Å². The molecule has 1 N–H and O–H groups in total. The number of nitriles is 1. The minimum atomic E-state index is -4.45. The second kappa shape index (κ2) is 11.3. The number of fused-ring (bicyclic) bond motifs is 1. The number of anilines is 1. The van der Waals surface area contributed by atoms with Crippen LogP contribution in [0, 0.1) is 29.1 Å². The first-order valence-corrected chi connectivity index (χ1v) is 12.5. The summed E-state index contributed by atoms with van der Waals surface area (Å²) in [6.07, 6.45) is 0.878. The number of aryl methyl sites for hydroxylation is 1. The van der Waals surface area contributed by atoms with Crippen LogP contribution in [-0.4, -0.2) is 34.8 Å². The van der Waals surface area contributed by atoms with Crippen molar-refractivity contribution in [1.82, 2.24) is 9.55 Å². The van der Waals surface area contributed by atoms with E-state index in [1.807, 2.05) is 12.1 Å². The average Bonchev–Trinajstić information content (AvgIpc) is 3.22. The number of aromatic nitrogens is 2. The fourth-order valence-corrected chi connectivity index (χ4v) is 4.51. The zero-order valence-electron chi connectivity index (χ0n) is 21.4. The smallest absolute Gasteiger partial charge is 0.381 e. The van der Waals surface area contributed by atoms with Gasteiger partial charge in [0.05, 0.1) is 34.8 Å². The van der Waals surface area contributed by atoms with Crippen LogP contribution >= 0.6 is 0 Å². The highest BCUT2D eigenvalue weighted by Gasteiger charge is 2.29. The first kappa shape index (κ1) is 27.2. The maximum absolute atomic E-state index is 13.4. The van der Waals surface area contributed by atoms with Crippen LogP contribution in [0.4, 0.5) is 18.9 Å². The van der Waals surface area contributed by atoms with E-state index in [9.17, 15) is 23.2 Å². The summed E-state index contributed by atoms with van der Waals surface area (Å²) in [5.41, 5.74) is 1.72. The molecule has 0 atom stereocenters. The molecule has 0 aliphatic carbocycles. The van der Waals surface area contributed by atoms with E-state index in [0.717, 1.165) is 49.0 Å². The molecule has 0 saturated carbocycles. The number of nitrogens with one attached hydrogen (secondary N) is 1. The number of ether oxygens (including phenoxy) is 1. The molecule has 4 rings (SSSR count). The summed E-state index contributed by atoms with van der Waals surface area (Å²) in [6, 6.07) is 12.4. The second-order valence-electron chi connectivity index (χ2n) is 10.1. The lowest BCUT2D eigenvalue weighted by Crippen LogP contribution is -2.18. The standard InChI is InChI=1S/C29H29F3N4O2/c1-28(2,18-33)26-9-6-23(17-34-26)35-27(37)10-7-24-16-22-15-21(4-3-20-11-13-38-14-12-20)5-8-25(22)36(24)19-29(30,31)32/h5-6,8-9,15-17,20H,3-4,11-14,19H2,1-2H3,(H,35,37). The number of benzene rings is 1. The molecule has 6 nitrogen and oxygen atoms in total. The minimum absolute atomic E-state index is 0.110. The van der Waals surface area contributed by atoms with E-state index in [1.54, 1.807) is 38.1 Å². The predicted octanol–water partition coefficient (Wildman–Crippen LogP) is 5.75. The van der Waals surface area contributed by atoms with Crippen LogP contribution in [0.3, 0.4) is 0 Å². The first-order chi connectivity index (χ1) is 18.0. The van der Waals surface area contributed by atoms with Gasteiger partial charge in [0.1, 0.15) is 6.54 Å². The Labute approximate surface area is 219 Å². The number of carbonyl (C=O) groups is 1. The monoisotopic (exact) mass is 522 g/mol. The van der Waals surface area contributed by atoms with Crippen molar-refractivity contribution in [1.29, 1.82) is 5.26 Å². The summed E-state index contributed by atoms with van der Waals surface area (Å²) in [4.78, 5) is 16.6. The summed E-state index contributed by atoms with van der Waals surface area (Å²) in [7, 11) is 0. The zero-order valence-corrected chi connectivity index (χ0v) is 21.4. The fourth-order valence-electron chi connectivity index (χ4n) is 4.51. The van der Waals surface area contributed by atoms with Crippen molar-refractivity contribution < 1.29 is 22.7 Å². The summed E-state index contributed by atoms with van der Waals surface area (Å²) in [5.74, 6) is 4.93. The quantitative estimate of drug-likeness (QED) is 0.418. The van der Waals surface area contributed by atoms with Gasteiger partial charge in [-0.1, -0.05) is 6.07 Å². The Morgan fingerprint density at radius 3 is 2.61 bits per heavy atom. The van der Waals surface area contributed by atoms with Crippen LogP contribution in [0.2, 0.25) is 0 Å². The molecular weight excluding hydrogens is 493 g/mol. The molecule has 38 heavy (non-hydrogen) atoms. The highest BCUT2D eigenvalue weighted by Crippen LogP contribution is 2.28. The molecule has 0 spiro atoms. The highest BCUT2D eigenvalue weighted by atomic mass is 19.4. The average molecular weight is 523 g/mol. The fraction of sp³-hybridized carbons (Fsp3) is 0.414. The first-order valence-electron chi connectivity index (χ1n) is 12.5. The van der Waals surface area contributed by atoms with Crippen LogP contribution in [0.5, 0.6) is 0 Å². The third-order valence-electron chi connectivity index (χ3n) is 6.73. The van der Waals surface area contributed by atoms with Gasteiger partial charge in [0.15, 0.2) is 0 Å². The lowest BCUT2D eigenvalue weighted by atomic mass is 9.91. The molecular formula is C29H29F3N4O2. The topological polar surface area (TPSA) is 79.9 Å². The van der Waals surface area contributed by atoms with Gasteiger partial charge in [0.25, 0.3) is 0 Å². The van der Waals surface area contributed by atoms with Gasteiger partial charge < -0.3 is 14.6 Å². The van der Waals surface area contributed by atoms with Gasteiger partial charge in [-0.05, 0) is 87.3 Å². The number of rotatable bonds is 6. The Morgan fingerprint density at radius 1 is 1.18 bits per heavy atom. The van der Waals surface area contributed by atoms with Gasteiger partial charge in [0, 0.05) is 30.0 Å². The highest BCUT2D eigenvalue weighted by molar-refractivity contribution is 6.04. The second-order valence-corrected chi connectivity index (χ2v) is 10.1. The summed E-state index contributed by atoms with van der Waals surface area (Å²) in [6.45, 7) is 3.81. The van der Waals surface area contributed by atoms with Gasteiger partial charge in [-0.2, -0.15) is 18.4 Å². The number of halogens is 3. The van der Waals surface area contributed by atoms with Crippen LogP contribution in [-0.2, 0) is 27.9 Å². The van der Waals surface area contributed by atoms with Gasteiger partial charge >= 0.3 is 12.1 Å². The van der Waals surface area contributed by atoms with Crippen molar-refractivity contribution in [2.45, 2.75) is 57.7 Å². The third-order valence-corrected chi connectivity index (χ3v) is 6.73. The van der Waals surface area contributed by atoms with Crippen molar-refractivity contribution in [3.05, 3.63) is 59.5 Å². The normalized spacial score (nSPS) is 14.5. The molecule has 1 aliphatic rings. The lowest BCUT2D eigenvalue weighted by molar-refractivity contribution is -0.140. The summed E-state index contributed by atoms with van der Waals surface area (Å²) >= 11 is 0. The Morgan fingerprint density at radius 2 is 1.95 bits per heavy atom. The number of hydrogen-bond donors (Lipinski definition) is 1. The third kappa shape index (κ3) is 6.93. The van der Waals surface area contributed by atoms with Gasteiger partial charge in [-0.3, -0.25) is 9.78 Å². The van der Waals surface area contributed by atoms with E-state index in [1.165, 1.54) is 6.20 Å². The number of hydrogen-bond acceptors (Lipinski definition) is 4. The van der Waals surface area contributed by atoms with Crippen molar-refractivity contribution in [2.24, 2.45) is 5.92 Å². The molecule has 3 aromatic rings. The maximum atomic E-state index is 13.4. The van der Waals surface area contributed by atoms with E-state index >= 15 is 0 Å². The van der Waals surface area contributed by atoms with E-state index in [-0.39, 0.29) is 5.69 Å². The molecule has 9 heteroatoms. The van der Waals surface area contributed by atoms with Crippen LogP contribution < -0.4 is 5.32 Å². The molecule has 198 valence electrons. The number of alkyl halides is 3. The Hall–Kier alpha value is -3.82. The number of nitrogens with zero attached hydrogens (tertiary/aromatic N) is 3. The minimum Gasteiger partial charge on any atom is -0.381 e. The molecule has 2 aromatic heterocycles. The van der Waals surface area contributed by atoms with Crippen molar-refractivity contribution in [3.63, 3.8) is 0 Å². The molecule has 0 unspecified atom stereocenters. The predicted molar refractivity (Wildman–Crippen MR) is 138 cm³/mol. The number of pyridine rings is 1. The van der Waals surface area contributed by atoms with E-state index < -0.39 is 24.0 Å². The van der Waals surface area contributed by atoms with E-state index in [0.29, 0.717) is 28.2 Å². The Bertz CT molecular complexity index is 1400. The van der Waals surface area contributed by atoms with Crippen LogP contribution in [0.15, 0.2) is 42.6 Å². The van der Waals surface area contributed by atoms with Gasteiger partial charge in [-0.25, -0.2) is 0 Å².